The molecule has 1 N–H and O–H groups in total. The third-order valence-corrected chi connectivity index (χ3v) is 5.90. The van der Waals surface area contributed by atoms with Crippen molar-refractivity contribution in [3.63, 3.8) is 0 Å². The molecule has 0 aliphatic carbocycles. The van der Waals surface area contributed by atoms with Crippen molar-refractivity contribution in [1.29, 1.82) is 0 Å². The lowest BCUT2D eigenvalue weighted by Crippen LogP contribution is -2.26. The van der Waals surface area contributed by atoms with Gasteiger partial charge in [-0.2, -0.15) is 0 Å². The van der Waals surface area contributed by atoms with Crippen LogP contribution in [0.4, 0.5) is 11.4 Å². The number of halogens is 2. The first-order chi connectivity index (χ1) is 12.4. The largest absolute Gasteiger partial charge is 0.340 e. The van der Waals surface area contributed by atoms with Crippen LogP contribution in [0, 0.1) is 0 Å². The van der Waals surface area contributed by atoms with Crippen LogP contribution in [0.2, 0.25) is 0 Å². The van der Waals surface area contributed by atoms with Gasteiger partial charge in [0, 0.05) is 22.2 Å². The Morgan fingerprint density at radius 1 is 0.769 bits per heavy atom. The van der Waals surface area contributed by atoms with Crippen molar-refractivity contribution in [3.8, 4) is 0 Å². The van der Waals surface area contributed by atoms with Gasteiger partial charge in [0.05, 0.1) is 11.4 Å². The summed E-state index contributed by atoms with van der Waals surface area (Å²) in [5.74, 6) is 0.796. The lowest BCUT2D eigenvalue weighted by atomic mass is 10.2. The minimum atomic E-state index is 0. The molecule has 0 fully saturated rings. The van der Waals surface area contributed by atoms with E-state index in [4.69, 9.17) is 11.6 Å². The number of hydrogen-bond donors (Lipinski definition) is 1. The Morgan fingerprint density at radius 2 is 1.35 bits per heavy atom. The van der Waals surface area contributed by atoms with Crippen LogP contribution in [0.1, 0.15) is 32.1 Å². The average molecular weight is 411 g/mol. The van der Waals surface area contributed by atoms with E-state index in [0.717, 1.165) is 38.4 Å². The van der Waals surface area contributed by atoms with Gasteiger partial charge >= 0.3 is 0 Å². The van der Waals surface area contributed by atoms with Gasteiger partial charge in [-0.1, -0.05) is 48.9 Å². The maximum absolute atomic E-state index is 5.71. The Morgan fingerprint density at radius 3 is 2.00 bits per heavy atom. The first-order valence-electron chi connectivity index (χ1n) is 9.30. The number of benzene rings is 2. The second kappa shape index (κ2) is 11.8. The number of alkyl halides is 1. The van der Waals surface area contributed by atoms with E-state index in [2.05, 4.69) is 58.7 Å². The zero-order valence-corrected chi connectivity index (χ0v) is 17.5. The van der Waals surface area contributed by atoms with E-state index in [1.165, 1.54) is 40.4 Å². The summed E-state index contributed by atoms with van der Waals surface area (Å²) >= 11 is 7.58. The summed E-state index contributed by atoms with van der Waals surface area (Å²) < 4.78 is 0. The van der Waals surface area contributed by atoms with Crippen LogP contribution in [0.15, 0.2) is 58.3 Å². The van der Waals surface area contributed by atoms with Crippen LogP contribution >= 0.6 is 35.8 Å². The maximum atomic E-state index is 5.71. The van der Waals surface area contributed by atoms with Crippen LogP contribution in [0.5, 0.6) is 0 Å². The molecule has 0 radical (unpaired) electrons. The first kappa shape index (κ1) is 21.4. The van der Waals surface area contributed by atoms with E-state index in [9.17, 15) is 0 Å². The average Bonchev–Trinajstić information content (AvgIpc) is 2.66. The van der Waals surface area contributed by atoms with Crippen molar-refractivity contribution < 1.29 is 0 Å². The summed E-state index contributed by atoms with van der Waals surface area (Å²) in [7, 11) is 0. The Hall–Kier alpha value is -0.870. The van der Waals surface area contributed by atoms with Gasteiger partial charge in [0.25, 0.3) is 0 Å². The van der Waals surface area contributed by atoms with E-state index in [0.29, 0.717) is 0 Å². The Bertz CT molecular complexity index is 620. The molecule has 0 aromatic heterocycles. The van der Waals surface area contributed by atoms with Crippen molar-refractivity contribution >= 4 is 47.1 Å². The normalized spacial score (nSPS) is 12.3. The molecular formula is C21H28Cl2N2S. The quantitative estimate of drug-likeness (QED) is 0.355. The topological polar surface area (TPSA) is 15.3 Å². The molecule has 26 heavy (non-hydrogen) atoms. The highest BCUT2D eigenvalue weighted by Gasteiger charge is 2.21. The van der Waals surface area contributed by atoms with Gasteiger partial charge < -0.3 is 10.2 Å². The molecule has 2 aromatic rings. The lowest BCUT2D eigenvalue weighted by Gasteiger charge is -2.32. The zero-order chi connectivity index (χ0) is 17.3. The number of unbranched alkanes of at least 4 members (excludes halogenated alkanes) is 3. The van der Waals surface area contributed by atoms with Crippen LogP contribution in [0.3, 0.4) is 0 Å². The number of anilines is 2. The summed E-state index contributed by atoms with van der Waals surface area (Å²) in [6, 6.07) is 17.5. The molecule has 0 unspecified atom stereocenters. The fraction of sp³-hybridized carbons (Fsp3) is 0.429. The standard InChI is InChI=1S/C21H27ClN2S.ClH/c22-14-7-1-2-8-15-23-16-9-17-24-18-10-3-5-12-20(18)25-21-13-6-4-11-19(21)24;/h3-6,10-13,23H,1-2,7-9,14-17H2;1H. The molecule has 1 aliphatic rings. The third kappa shape index (κ3) is 5.82. The van der Waals surface area contributed by atoms with Crippen LogP contribution < -0.4 is 10.2 Å². The predicted molar refractivity (Wildman–Crippen MR) is 118 cm³/mol. The summed E-state index contributed by atoms with van der Waals surface area (Å²) in [4.78, 5) is 5.19. The molecule has 2 aromatic carbocycles. The number of rotatable bonds is 10. The fourth-order valence-electron chi connectivity index (χ4n) is 3.21. The molecule has 0 saturated heterocycles. The van der Waals surface area contributed by atoms with Crippen molar-refractivity contribution in [2.45, 2.75) is 41.9 Å². The van der Waals surface area contributed by atoms with E-state index in [-0.39, 0.29) is 12.4 Å². The molecule has 3 rings (SSSR count). The summed E-state index contributed by atoms with van der Waals surface area (Å²) in [5, 5.41) is 3.58. The van der Waals surface area contributed by atoms with Gasteiger partial charge in [0.2, 0.25) is 0 Å². The van der Waals surface area contributed by atoms with Crippen molar-refractivity contribution in [2.24, 2.45) is 0 Å². The molecule has 1 heterocycles. The predicted octanol–water partition coefficient (Wildman–Crippen LogP) is 6.49. The summed E-state index contributed by atoms with van der Waals surface area (Å²) in [6.45, 7) is 3.24. The van der Waals surface area contributed by atoms with Crippen molar-refractivity contribution in [3.05, 3.63) is 48.5 Å². The third-order valence-electron chi connectivity index (χ3n) is 4.50. The zero-order valence-electron chi connectivity index (χ0n) is 15.1. The molecular weight excluding hydrogens is 383 g/mol. The number of nitrogens with zero attached hydrogens (tertiary/aromatic N) is 1. The molecule has 5 heteroatoms. The van der Waals surface area contributed by atoms with Gasteiger partial charge in [-0.05, 0) is 56.6 Å². The highest BCUT2D eigenvalue weighted by molar-refractivity contribution is 7.99. The van der Waals surface area contributed by atoms with E-state index < -0.39 is 0 Å². The molecule has 0 saturated carbocycles. The molecule has 142 valence electrons. The van der Waals surface area contributed by atoms with Gasteiger partial charge in [-0.3, -0.25) is 0 Å². The second-order valence-corrected chi connectivity index (χ2v) is 7.86. The second-order valence-electron chi connectivity index (χ2n) is 6.40. The highest BCUT2D eigenvalue weighted by Crippen LogP contribution is 2.47. The molecule has 0 atom stereocenters. The van der Waals surface area contributed by atoms with E-state index in [1.54, 1.807) is 0 Å². The minimum Gasteiger partial charge on any atom is -0.340 e. The van der Waals surface area contributed by atoms with E-state index >= 15 is 0 Å². The minimum absolute atomic E-state index is 0. The Balaban J connectivity index is 0.00000243. The van der Waals surface area contributed by atoms with Crippen LogP contribution in [-0.4, -0.2) is 25.5 Å². The van der Waals surface area contributed by atoms with E-state index in [1.807, 2.05) is 11.8 Å². The Labute approximate surface area is 173 Å². The first-order valence-corrected chi connectivity index (χ1v) is 10.7. The molecule has 0 spiro atoms. The number of fused-ring (bicyclic) bond motifs is 2. The maximum Gasteiger partial charge on any atom is 0.0552 e. The SMILES string of the molecule is Cl.ClCCCCCCNCCCN1c2ccccc2Sc2ccccc21. The highest BCUT2D eigenvalue weighted by atomic mass is 35.5. The molecule has 0 bridgehead atoms. The number of nitrogens with one attached hydrogen (secondary N) is 1. The number of para-hydroxylation sites is 2. The van der Waals surface area contributed by atoms with Crippen LogP contribution in [0.25, 0.3) is 0 Å². The fourth-order valence-corrected chi connectivity index (χ4v) is 4.49. The summed E-state index contributed by atoms with van der Waals surface area (Å²) in [5.41, 5.74) is 2.68. The summed E-state index contributed by atoms with van der Waals surface area (Å²) in [6.07, 6.45) is 6.08. The number of hydrogen-bond acceptors (Lipinski definition) is 3. The molecule has 0 amide bonds. The monoisotopic (exact) mass is 410 g/mol. The van der Waals surface area contributed by atoms with Gasteiger partial charge in [0.15, 0.2) is 0 Å². The Kier molecular flexibility index (Phi) is 9.69. The molecule has 1 aliphatic heterocycles. The van der Waals surface area contributed by atoms with Gasteiger partial charge in [0.1, 0.15) is 0 Å². The van der Waals surface area contributed by atoms with Crippen molar-refractivity contribution in [2.75, 3.05) is 30.4 Å². The molecule has 2 nitrogen and oxygen atoms in total. The van der Waals surface area contributed by atoms with Gasteiger partial charge in [-0.25, -0.2) is 0 Å². The van der Waals surface area contributed by atoms with Gasteiger partial charge in [-0.15, -0.1) is 24.0 Å². The van der Waals surface area contributed by atoms with Crippen molar-refractivity contribution in [1.82, 2.24) is 5.32 Å². The van der Waals surface area contributed by atoms with Crippen LogP contribution in [-0.2, 0) is 0 Å². The lowest BCUT2D eigenvalue weighted by molar-refractivity contribution is 0.587. The smallest absolute Gasteiger partial charge is 0.0552 e.